The second-order valence-electron chi connectivity index (χ2n) is 8.03. The summed E-state index contributed by atoms with van der Waals surface area (Å²) in [6, 6.07) is 13.4. The van der Waals surface area contributed by atoms with E-state index in [0.717, 1.165) is 37.7 Å². The van der Waals surface area contributed by atoms with Crippen molar-refractivity contribution in [3.63, 3.8) is 0 Å². The lowest BCUT2D eigenvalue weighted by atomic mass is 9.96. The van der Waals surface area contributed by atoms with Gasteiger partial charge in [0.15, 0.2) is 0 Å². The van der Waals surface area contributed by atoms with E-state index < -0.39 is 0 Å². The van der Waals surface area contributed by atoms with Gasteiger partial charge in [-0.25, -0.2) is 9.37 Å². The Morgan fingerprint density at radius 1 is 1.14 bits per heavy atom. The van der Waals surface area contributed by atoms with Crippen LogP contribution in [0.2, 0.25) is 0 Å². The van der Waals surface area contributed by atoms with Gasteiger partial charge in [-0.2, -0.15) is 0 Å². The van der Waals surface area contributed by atoms with Crippen LogP contribution in [0.3, 0.4) is 0 Å². The molecule has 3 heterocycles. The molecule has 4 nitrogen and oxygen atoms in total. The minimum absolute atomic E-state index is 0.0984. The first-order valence-corrected chi connectivity index (χ1v) is 11.2. The second-order valence-corrected chi connectivity index (χ2v) is 8.88. The van der Waals surface area contributed by atoms with Crippen molar-refractivity contribution in [2.45, 2.75) is 31.7 Å². The number of amides is 1. The van der Waals surface area contributed by atoms with Gasteiger partial charge in [0, 0.05) is 25.6 Å². The Hall–Kier alpha value is -2.47. The molecule has 0 N–H and O–H groups in total. The molecule has 0 aliphatic carbocycles. The van der Waals surface area contributed by atoms with Crippen LogP contribution in [0.1, 0.15) is 24.8 Å². The molecule has 6 heteroatoms. The maximum atomic E-state index is 14.2. The largest absolute Gasteiger partial charge is 0.365 e. The number of hydrogen-bond acceptors (Lipinski definition) is 4. The van der Waals surface area contributed by atoms with E-state index in [2.05, 4.69) is 28.1 Å². The minimum atomic E-state index is -0.181. The molecule has 29 heavy (non-hydrogen) atoms. The Labute approximate surface area is 174 Å². The number of aryl methyl sites for hydroxylation is 1. The van der Waals surface area contributed by atoms with E-state index in [1.54, 1.807) is 17.4 Å². The molecule has 2 aliphatic rings. The molecule has 2 atom stereocenters. The van der Waals surface area contributed by atoms with Gasteiger partial charge in [0.05, 0.1) is 27.5 Å². The molecule has 0 radical (unpaired) electrons. The number of aromatic nitrogens is 1. The first-order chi connectivity index (χ1) is 14.2. The van der Waals surface area contributed by atoms with Gasteiger partial charge in [0.25, 0.3) is 0 Å². The fraction of sp³-hybridized carbons (Fsp3) is 0.391. The Morgan fingerprint density at radius 2 is 2.03 bits per heavy atom. The molecular formula is C23H24FN3OS. The lowest BCUT2D eigenvalue weighted by Crippen LogP contribution is -2.51. The predicted molar refractivity (Wildman–Crippen MR) is 115 cm³/mol. The summed E-state index contributed by atoms with van der Waals surface area (Å²) in [4.78, 5) is 21.4. The van der Waals surface area contributed by atoms with Crippen molar-refractivity contribution >= 4 is 33.1 Å². The molecular weight excluding hydrogens is 385 g/mol. The molecule has 5 rings (SSSR count). The number of para-hydroxylation sites is 1. The van der Waals surface area contributed by atoms with Crippen molar-refractivity contribution < 1.29 is 9.18 Å². The van der Waals surface area contributed by atoms with Gasteiger partial charge in [0.2, 0.25) is 5.91 Å². The van der Waals surface area contributed by atoms with Gasteiger partial charge >= 0.3 is 0 Å². The van der Waals surface area contributed by atoms with Crippen LogP contribution in [0.15, 0.2) is 48.0 Å². The molecule has 2 aromatic carbocycles. The third kappa shape index (κ3) is 3.50. The van der Waals surface area contributed by atoms with Crippen molar-refractivity contribution in [1.29, 1.82) is 0 Å². The number of carbonyl (C=O) groups excluding carboxylic acids is 1. The van der Waals surface area contributed by atoms with E-state index in [-0.39, 0.29) is 17.8 Å². The van der Waals surface area contributed by atoms with Crippen molar-refractivity contribution in [3.8, 4) is 0 Å². The van der Waals surface area contributed by atoms with Crippen LogP contribution in [0, 0.1) is 11.7 Å². The van der Waals surface area contributed by atoms with E-state index >= 15 is 0 Å². The Balaban J connectivity index is 1.21. The van der Waals surface area contributed by atoms with Crippen LogP contribution in [-0.4, -0.2) is 41.5 Å². The van der Waals surface area contributed by atoms with Crippen molar-refractivity contribution in [1.82, 2.24) is 9.88 Å². The van der Waals surface area contributed by atoms with Gasteiger partial charge in [-0.05, 0) is 49.4 Å². The minimum Gasteiger partial charge on any atom is -0.365 e. The fourth-order valence-corrected chi connectivity index (χ4v) is 5.69. The maximum absolute atomic E-state index is 14.2. The summed E-state index contributed by atoms with van der Waals surface area (Å²) >= 11 is 1.69. The Kier molecular flexibility index (Phi) is 4.96. The number of carbonyl (C=O) groups is 1. The molecule has 0 saturated carbocycles. The number of rotatable bonds is 5. The normalized spacial score (nSPS) is 21.8. The molecule has 2 aliphatic heterocycles. The lowest BCUT2D eigenvalue weighted by molar-refractivity contribution is -0.132. The SMILES string of the molecule is O=C1C(CCCc2cccc3ncsc23)C[C@H]2CN(c3ccccc3F)CCN12. The number of thiazole rings is 1. The molecule has 0 bridgehead atoms. The summed E-state index contributed by atoms with van der Waals surface area (Å²) in [7, 11) is 0. The number of nitrogens with zero attached hydrogens (tertiary/aromatic N) is 3. The summed E-state index contributed by atoms with van der Waals surface area (Å²) in [5.74, 6) is 0.208. The van der Waals surface area contributed by atoms with E-state index in [4.69, 9.17) is 0 Å². The monoisotopic (exact) mass is 409 g/mol. The molecule has 1 aromatic heterocycles. The van der Waals surface area contributed by atoms with Crippen molar-refractivity contribution in [3.05, 3.63) is 59.4 Å². The highest BCUT2D eigenvalue weighted by Crippen LogP contribution is 2.33. The Morgan fingerprint density at radius 3 is 2.93 bits per heavy atom. The first kappa shape index (κ1) is 18.6. The third-order valence-corrected chi connectivity index (χ3v) is 7.22. The van der Waals surface area contributed by atoms with Crippen LogP contribution >= 0.6 is 11.3 Å². The standard InChI is InChI=1S/C23H24FN3OS/c24-19-8-1-2-10-21(19)26-11-12-27-18(14-26)13-17(23(27)28)7-3-5-16-6-4-9-20-22(16)29-15-25-20/h1-2,4,6,8-10,15,17-18H,3,5,7,11-14H2/t17?,18-/m0/s1. The molecule has 2 fully saturated rings. The number of fused-ring (bicyclic) bond motifs is 2. The van der Waals surface area contributed by atoms with Crippen LogP contribution in [-0.2, 0) is 11.2 Å². The van der Waals surface area contributed by atoms with Gasteiger partial charge in [0.1, 0.15) is 5.82 Å². The van der Waals surface area contributed by atoms with Gasteiger partial charge in [-0.15, -0.1) is 11.3 Å². The van der Waals surface area contributed by atoms with E-state index in [1.165, 1.54) is 16.3 Å². The van der Waals surface area contributed by atoms with Gasteiger partial charge in [-0.1, -0.05) is 24.3 Å². The number of halogens is 1. The lowest BCUT2D eigenvalue weighted by Gasteiger charge is -2.38. The number of hydrogen-bond donors (Lipinski definition) is 0. The molecule has 1 unspecified atom stereocenters. The number of benzene rings is 2. The van der Waals surface area contributed by atoms with Crippen molar-refractivity contribution in [2.24, 2.45) is 5.92 Å². The van der Waals surface area contributed by atoms with E-state index in [1.807, 2.05) is 22.5 Å². The zero-order chi connectivity index (χ0) is 19.8. The molecule has 1 amide bonds. The quantitative estimate of drug-likeness (QED) is 0.623. The van der Waals surface area contributed by atoms with Gasteiger partial charge in [-0.3, -0.25) is 4.79 Å². The highest BCUT2D eigenvalue weighted by atomic mass is 32.1. The first-order valence-electron chi connectivity index (χ1n) is 10.3. The maximum Gasteiger partial charge on any atom is 0.226 e. The summed E-state index contributed by atoms with van der Waals surface area (Å²) in [6.07, 6.45) is 3.79. The average Bonchev–Trinajstić information content (AvgIpc) is 3.33. The van der Waals surface area contributed by atoms with Crippen molar-refractivity contribution in [2.75, 3.05) is 24.5 Å². The van der Waals surface area contributed by atoms with Crippen LogP contribution in [0.4, 0.5) is 10.1 Å². The molecule has 3 aromatic rings. The van der Waals surface area contributed by atoms with Gasteiger partial charge < -0.3 is 9.80 Å². The van der Waals surface area contributed by atoms with Crippen LogP contribution in [0.5, 0.6) is 0 Å². The zero-order valence-electron chi connectivity index (χ0n) is 16.3. The van der Waals surface area contributed by atoms with E-state index in [0.29, 0.717) is 24.7 Å². The fourth-order valence-electron chi connectivity index (χ4n) is 4.86. The highest BCUT2D eigenvalue weighted by molar-refractivity contribution is 7.16. The number of anilines is 1. The summed E-state index contributed by atoms with van der Waals surface area (Å²) in [6.45, 7) is 2.11. The number of piperazine rings is 1. The zero-order valence-corrected chi connectivity index (χ0v) is 17.1. The smallest absolute Gasteiger partial charge is 0.226 e. The summed E-state index contributed by atoms with van der Waals surface area (Å²) in [5, 5.41) is 0. The predicted octanol–water partition coefficient (Wildman–Crippen LogP) is 4.50. The highest BCUT2D eigenvalue weighted by Gasteiger charge is 2.42. The van der Waals surface area contributed by atoms with Crippen LogP contribution in [0.25, 0.3) is 10.2 Å². The molecule has 0 spiro atoms. The third-order valence-electron chi connectivity index (χ3n) is 6.30. The van der Waals surface area contributed by atoms with Crippen LogP contribution < -0.4 is 4.90 Å². The Bertz CT molecular complexity index is 1040. The molecule has 150 valence electrons. The average molecular weight is 410 g/mol. The molecule has 2 saturated heterocycles. The summed E-state index contributed by atoms with van der Waals surface area (Å²) < 4.78 is 15.4. The van der Waals surface area contributed by atoms with E-state index in [9.17, 15) is 9.18 Å². The summed E-state index contributed by atoms with van der Waals surface area (Å²) in [5.41, 5.74) is 4.95. The second kappa shape index (κ2) is 7.75. The topological polar surface area (TPSA) is 36.4 Å².